The molecule has 0 aliphatic carbocycles. The number of benzene rings is 1. The molecule has 3 nitrogen and oxygen atoms in total. The molecule has 0 aromatic heterocycles. The van der Waals surface area contributed by atoms with E-state index in [4.69, 9.17) is 11.6 Å². The normalized spacial score (nSPS) is 13.5. The first kappa shape index (κ1) is 16.3. The average molecular weight is 329 g/mol. The Morgan fingerprint density at radius 2 is 1.84 bits per heavy atom. The van der Waals surface area contributed by atoms with Gasteiger partial charge in [-0.1, -0.05) is 30.3 Å². The molecule has 19 heavy (non-hydrogen) atoms. The summed E-state index contributed by atoms with van der Waals surface area (Å²) >= 11 is 5.51. The second kappa shape index (κ2) is 6.58. The second-order valence-electron chi connectivity index (χ2n) is 3.70. The van der Waals surface area contributed by atoms with E-state index in [1.165, 1.54) is 12.1 Å². The summed E-state index contributed by atoms with van der Waals surface area (Å²) in [4.78, 5) is -0.459. The lowest BCUT2D eigenvalue weighted by atomic mass is 10.2. The van der Waals surface area contributed by atoms with E-state index in [1.807, 2.05) is 0 Å². The van der Waals surface area contributed by atoms with Crippen LogP contribution in [0.1, 0.15) is 5.56 Å². The minimum atomic E-state index is -4.59. The molecule has 0 N–H and O–H groups in total. The molecule has 1 rings (SSSR count). The van der Waals surface area contributed by atoms with Gasteiger partial charge in [-0.3, -0.25) is 4.21 Å². The van der Waals surface area contributed by atoms with Crippen molar-refractivity contribution < 1.29 is 21.4 Å². The predicted octanol–water partition coefficient (Wildman–Crippen LogP) is 2.68. The lowest BCUT2D eigenvalue weighted by Gasteiger charge is -2.05. The highest BCUT2D eigenvalue weighted by Gasteiger charge is 2.26. The van der Waals surface area contributed by atoms with E-state index in [-0.39, 0.29) is 16.5 Å². The highest BCUT2D eigenvalue weighted by atomic mass is 35.5. The molecule has 0 saturated heterocycles. The van der Waals surface area contributed by atoms with E-state index in [0.717, 1.165) is 12.1 Å². The Balaban J connectivity index is 2.83. The maximum absolute atomic E-state index is 12.3. The summed E-state index contributed by atoms with van der Waals surface area (Å²) in [6, 6.07) is 4.85. The summed E-state index contributed by atoms with van der Waals surface area (Å²) in [5.74, 6) is -3.17. The smallest absolute Gasteiger partial charge is 0.259 e. The fourth-order valence-electron chi connectivity index (χ4n) is 1.29. The van der Waals surface area contributed by atoms with Crippen LogP contribution in [0.2, 0.25) is 0 Å². The van der Waals surface area contributed by atoms with E-state index in [0.29, 0.717) is 5.56 Å². The van der Waals surface area contributed by atoms with Crippen molar-refractivity contribution in [2.45, 2.75) is 16.4 Å². The van der Waals surface area contributed by atoms with Gasteiger partial charge in [0, 0.05) is 21.6 Å². The van der Waals surface area contributed by atoms with E-state index < -0.39 is 31.3 Å². The first-order chi connectivity index (χ1) is 8.73. The van der Waals surface area contributed by atoms with Crippen LogP contribution in [0.25, 0.3) is 0 Å². The Hall–Kier alpha value is -0.790. The van der Waals surface area contributed by atoms with Crippen molar-refractivity contribution in [2.24, 2.45) is 0 Å². The zero-order valence-corrected chi connectivity index (χ0v) is 12.1. The maximum Gasteiger partial charge on any atom is 0.341 e. The third kappa shape index (κ3) is 4.67. The van der Waals surface area contributed by atoms with Crippen LogP contribution >= 0.6 is 11.6 Å². The highest BCUT2D eigenvalue weighted by molar-refractivity contribution is 7.91. The van der Waals surface area contributed by atoms with Crippen LogP contribution in [0, 0.1) is 0 Å². The summed E-state index contributed by atoms with van der Waals surface area (Å²) in [7, 11) is -5.85. The Morgan fingerprint density at radius 1 is 1.32 bits per heavy atom. The third-order valence-electron chi connectivity index (χ3n) is 2.13. The molecule has 0 heterocycles. The first-order valence-corrected chi connectivity index (χ1v) is 8.44. The van der Waals surface area contributed by atoms with E-state index in [2.05, 4.69) is 6.58 Å². The van der Waals surface area contributed by atoms with Gasteiger partial charge in [0.1, 0.15) is 0 Å². The number of sulfone groups is 1. The summed E-state index contributed by atoms with van der Waals surface area (Å²) < 4.78 is 58.5. The van der Waals surface area contributed by atoms with Crippen molar-refractivity contribution in [3.63, 3.8) is 0 Å². The van der Waals surface area contributed by atoms with Crippen LogP contribution in [0.15, 0.2) is 40.8 Å². The average Bonchev–Trinajstić information content (AvgIpc) is 2.28. The van der Waals surface area contributed by atoms with Gasteiger partial charge in [0.2, 0.25) is 9.84 Å². The van der Waals surface area contributed by atoms with Crippen molar-refractivity contribution in [3.8, 4) is 0 Å². The monoisotopic (exact) mass is 328 g/mol. The minimum absolute atomic E-state index is 0.124. The standard InChI is InChI=1S/C11H11ClF2O3S2/c1-8(12)6-18(15)7-9-2-4-10(5-3-9)19(16,17)11(13)14/h2-5,11H,1,6-7H2/t18-/m1/s1. The van der Waals surface area contributed by atoms with E-state index in [1.54, 1.807) is 0 Å². The third-order valence-corrected chi connectivity index (χ3v) is 5.15. The number of alkyl halides is 2. The molecule has 0 saturated carbocycles. The van der Waals surface area contributed by atoms with Crippen LogP contribution in [0.3, 0.4) is 0 Å². The van der Waals surface area contributed by atoms with Gasteiger partial charge in [-0.05, 0) is 17.7 Å². The van der Waals surface area contributed by atoms with Crippen LogP contribution in [-0.4, -0.2) is 24.1 Å². The number of hydrogen-bond acceptors (Lipinski definition) is 3. The van der Waals surface area contributed by atoms with Gasteiger partial charge >= 0.3 is 5.76 Å². The Labute approximate surface area is 117 Å². The quantitative estimate of drug-likeness (QED) is 0.806. The maximum atomic E-state index is 12.3. The molecule has 0 aliphatic heterocycles. The molecule has 8 heteroatoms. The SMILES string of the molecule is C=C(Cl)C[S@@](=O)Cc1ccc(S(=O)(=O)C(F)F)cc1. The van der Waals surface area contributed by atoms with Gasteiger partial charge in [0.05, 0.1) is 10.6 Å². The molecule has 0 unspecified atom stereocenters. The summed E-state index contributed by atoms with van der Waals surface area (Å²) in [5.41, 5.74) is 0.574. The van der Waals surface area contributed by atoms with Crippen LogP contribution in [-0.2, 0) is 26.4 Å². The van der Waals surface area contributed by atoms with Crippen molar-refractivity contribution in [3.05, 3.63) is 41.4 Å². The largest absolute Gasteiger partial charge is 0.341 e. The molecule has 1 atom stereocenters. The van der Waals surface area contributed by atoms with Crippen molar-refractivity contribution in [2.75, 3.05) is 5.75 Å². The molecule has 0 bridgehead atoms. The van der Waals surface area contributed by atoms with E-state index >= 15 is 0 Å². The molecular formula is C11H11ClF2O3S2. The number of halogens is 3. The highest BCUT2D eigenvalue weighted by Crippen LogP contribution is 2.19. The fraction of sp³-hybridized carbons (Fsp3) is 0.273. The lowest BCUT2D eigenvalue weighted by molar-refractivity contribution is 0.234. The second-order valence-corrected chi connectivity index (χ2v) is 7.60. The topological polar surface area (TPSA) is 51.2 Å². The van der Waals surface area contributed by atoms with Gasteiger partial charge in [-0.25, -0.2) is 8.42 Å². The van der Waals surface area contributed by atoms with Gasteiger partial charge in [-0.2, -0.15) is 8.78 Å². The summed E-state index contributed by atoms with van der Waals surface area (Å²) in [6.45, 7) is 3.41. The predicted molar refractivity (Wildman–Crippen MR) is 71.3 cm³/mol. The molecule has 106 valence electrons. The van der Waals surface area contributed by atoms with Crippen LogP contribution < -0.4 is 0 Å². The van der Waals surface area contributed by atoms with Gasteiger partial charge in [0.25, 0.3) is 0 Å². The minimum Gasteiger partial charge on any atom is -0.259 e. The van der Waals surface area contributed by atoms with Gasteiger partial charge < -0.3 is 0 Å². The van der Waals surface area contributed by atoms with E-state index in [9.17, 15) is 21.4 Å². The molecule has 0 fully saturated rings. The zero-order valence-electron chi connectivity index (χ0n) is 9.68. The molecule has 0 amide bonds. The summed E-state index contributed by atoms with van der Waals surface area (Å²) in [5, 5.41) is 0.259. The van der Waals surface area contributed by atoms with Crippen molar-refractivity contribution in [1.82, 2.24) is 0 Å². The molecule has 1 aromatic rings. The van der Waals surface area contributed by atoms with Crippen LogP contribution in [0.4, 0.5) is 8.78 Å². The first-order valence-electron chi connectivity index (χ1n) is 5.02. The molecule has 1 aromatic carbocycles. The number of rotatable bonds is 6. The van der Waals surface area contributed by atoms with Gasteiger partial charge in [0.15, 0.2) is 0 Å². The van der Waals surface area contributed by atoms with Crippen molar-refractivity contribution >= 4 is 32.2 Å². The van der Waals surface area contributed by atoms with Crippen molar-refractivity contribution in [1.29, 1.82) is 0 Å². The lowest BCUT2D eigenvalue weighted by Crippen LogP contribution is -2.11. The summed E-state index contributed by atoms with van der Waals surface area (Å²) in [6.07, 6.45) is 0. The van der Waals surface area contributed by atoms with Gasteiger partial charge in [-0.15, -0.1) is 0 Å². The zero-order chi connectivity index (χ0) is 14.6. The molecule has 0 aliphatic rings. The molecule has 0 spiro atoms. The number of hydrogen-bond donors (Lipinski definition) is 0. The Morgan fingerprint density at radius 3 is 2.26 bits per heavy atom. The molecular weight excluding hydrogens is 318 g/mol. The molecule has 0 radical (unpaired) electrons. The Bertz CT molecular complexity index is 582. The Kier molecular flexibility index (Phi) is 5.64. The van der Waals surface area contributed by atoms with Crippen LogP contribution in [0.5, 0.6) is 0 Å². The fourth-order valence-corrected chi connectivity index (χ4v) is 3.39.